The number of rotatable bonds is 19. The molecule has 0 amide bonds. The van der Waals surface area contributed by atoms with Gasteiger partial charge in [-0.3, -0.25) is 9.59 Å². The molecule has 0 aliphatic heterocycles. The molecule has 2 aromatic rings. The van der Waals surface area contributed by atoms with Crippen molar-refractivity contribution in [2.24, 2.45) is 11.8 Å². The van der Waals surface area contributed by atoms with Crippen LogP contribution < -0.4 is 0 Å². The molecule has 0 spiro atoms. The average molecular weight is 541 g/mol. The summed E-state index contributed by atoms with van der Waals surface area (Å²) in [5.41, 5.74) is 2.25. The molecule has 0 aromatic heterocycles. The number of methoxy groups -OCH3 is 1. The van der Waals surface area contributed by atoms with Crippen molar-refractivity contribution < 1.29 is 23.8 Å². The Morgan fingerprint density at radius 1 is 0.615 bits per heavy atom. The molecule has 0 bridgehead atoms. The molecule has 0 saturated carbocycles. The minimum atomic E-state index is -0.00447. The summed E-state index contributed by atoms with van der Waals surface area (Å²) in [5.74, 6) is 1.32. The first kappa shape index (κ1) is 34.7. The van der Waals surface area contributed by atoms with Crippen LogP contribution in [-0.2, 0) is 23.8 Å². The van der Waals surface area contributed by atoms with Gasteiger partial charge in [0.2, 0.25) is 0 Å². The maximum atomic E-state index is 12.4. The van der Waals surface area contributed by atoms with Crippen LogP contribution in [-0.4, -0.2) is 51.7 Å². The van der Waals surface area contributed by atoms with Gasteiger partial charge in [0.1, 0.15) is 11.6 Å². The lowest BCUT2D eigenvalue weighted by Crippen LogP contribution is -2.18. The second-order valence-corrected chi connectivity index (χ2v) is 10.6. The highest BCUT2D eigenvalue weighted by molar-refractivity contribution is 5.86. The van der Waals surface area contributed by atoms with Crippen molar-refractivity contribution in [2.75, 3.05) is 40.1 Å². The van der Waals surface area contributed by atoms with E-state index in [0.29, 0.717) is 62.7 Å². The van der Waals surface area contributed by atoms with Crippen molar-refractivity contribution in [3.63, 3.8) is 0 Å². The summed E-state index contributed by atoms with van der Waals surface area (Å²) in [4.78, 5) is 24.8. The second kappa shape index (κ2) is 21.5. The number of hydrogen-bond acceptors (Lipinski definition) is 5. The van der Waals surface area contributed by atoms with Crippen molar-refractivity contribution in [3.8, 4) is 0 Å². The lowest BCUT2D eigenvalue weighted by atomic mass is 9.83. The van der Waals surface area contributed by atoms with E-state index >= 15 is 0 Å². The van der Waals surface area contributed by atoms with Gasteiger partial charge in [-0.25, -0.2) is 0 Å². The Morgan fingerprint density at radius 3 is 1.38 bits per heavy atom. The maximum Gasteiger partial charge on any atom is 0.140 e. The van der Waals surface area contributed by atoms with Crippen LogP contribution in [0.3, 0.4) is 0 Å². The number of ether oxygens (including phenoxy) is 3. The first-order valence-electron chi connectivity index (χ1n) is 14.6. The number of benzene rings is 2. The highest BCUT2D eigenvalue weighted by Gasteiger charge is 2.24. The van der Waals surface area contributed by atoms with E-state index in [1.165, 1.54) is 0 Å². The molecular weight excluding hydrogens is 488 g/mol. The van der Waals surface area contributed by atoms with Gasteiger partial charge < -0.3 is 14.2 Å². The van der Waals surface area contributed by atoms with Gasteiger partial charge in [-0.1, -0.05) is 95.3 Å². The summed E-state index contributed by atoms with van der Waals surface area (Å²) in [6.07, 6.45) is 3.83. The lowest BCUT2D eigenvalue weighted by Gasteiger charge is -2.20. The van der Waals surface area contributed by atoms with E-state index in [4.69, 9.17) is 14.2 Å². The van der Waals surface area contributed by atoms with Gasteiger partial charge in [0.15, 0.2) is 0 Å². The third-order valence-corrected chi connectivity index (χ3v) is 6.55. The highest BCUT2D eigenvalue weighted by atomic mass is 16.5. The smallest absolute Gasteiger partial charge is 0.140 e. The Labute approximate surface area is 237 Å². The fraction of sp³-hybridized carbons (Fsp3) is 0.588. The Balaban J connectivity index is 0.000000391. The minimum Gasteiger partial charge on any atom is -0.382 e. The monoisotopic (exact) mass is 540 g/mol. The van der Waals surface area contributed by atoms with Crippen molar-refractivity contribution in [2.45, 2.75) is 78.6 Å². The maximum absolute atomic E-state index is 12.4. The molecule has 0 aliphatic carbocycles. The van der Waals surface area contributed by atoms with E-state index in [0.717, 1.165) is 37.0 Å². The minimum absolute atomic E-state index is 0.00447. The third kappa shape index (κ3) is 14.6. The Morgan fingerprint density at radius 2 is 1.03 bits per heavy atom. The SMILES string of the molecule is CCCOCCCC(=O)C(c1ccccc1)C(C)C.COCCOCCCC(=O)C(c1ccccc1)C(C)C. The fourth-order valence-corrected chi connectivity index (χ4v) is 4.70. The van der Waals surface area contributed by atoms with Crippen LogP contribution in [0.15, 0.2) is 60.7 Å². The van der Waals surface area contributed by atoms with Crippen LogP contribution >= 0.6 is 0 Å². The molecule has 2 rings (SSSR count). The molecule has 5 heteroatoms. The molecule has 0 saturated heterocycles. The summed E-state index contributed by atoms with van der Waals surface area (Å²) < 4.78 is 15.7. The van der Waals surface area contributed by atoms with Crippen LogP contribution in [0.2, 0.25) is 0 Å². The quantitative estimate of drug-likeness (QED) is 0.171. The van der Waals surface area contributed by atoms with Gasteiger partial charge in [-0.2, -0.15) is 0 Å². The standard InChI is InChI=1S/C17H26O3.C17H26O2/c1-14(2)17(15-8-5-4-6-9-15)16(18)10-7-11-20-13-12-19-3;1-4-12-19-13-8-11-16(18)17(14(2)3)15-9-6-5-7-10-15/h4-6,8-9,14,17H,7,10-13H2,1-3H3;5-7,9-10,14,17H,4,8,11-13H2,1-3H3. The first-order valence-corrected chi connectivity index (χ1v) is 14.6. The number of Topliss-reactive ketones (excluding diaryl/α,β-unsaturated/α-hetero) is 2. The Bertz CT molecular complexity index is 879. The second-order valence-electron chi connectivity index (χ2n) is 10.6. The third-order valence-electron chi connectivity index (χ3n) is 6.55. The van der Waals surface area contributed by atoms with Gasteiger partial charge in [-0.05, 0) is 42.2 Å². The summed E-state index contributed by atoms with van der Waals surface area (Å²) in [7, 11) is 1.65. The molecule has 2 unspecified atom stereocenters. The van der Waals surface area contributed by atoms with E-state index in [-0.39, 0.29) is 11.8 Å². The van der Waals surface area contributed by atoms with Crippen LogP contribution in [0.1, 0.15) is 89.7 Å². The van der Waals surface area contributed by atoms with E-state index in [1.807, 2.05) is 48.5 Å². The number of ketones is 2. The van der Waals surface area contributed by atoms with Crippen LogP contribution in [0.4, 0.5) is 0 Å². The molecule has 218 valence electrons. The van der Waals surface area contributed by atoms with Gasteiger partial charge in [-0.15, -0.1) is 0 Å². The Hall–Kier alpha value is -2.34. The van der Waals surface area contributed by atoms with E-state index in [2.05, 4.69) is 46.8 Å². The molecule has 0 N–H and O–H groups in total. The van der Waals surface area contributed by atoms with Crippen molar-refractivity contribution in [1.82, 2.24) is 0 Å². The topological polar surface area (TPSA) is 61.8 Å². The van der Waals surface area contributed by atoms with E-state index in [1.54, 1.807) is 7.11 Å². The van der Waals surface area contributed by atoms with Gasteiger partial charge in [0.25, 0.3) is 0 Å². The summed E-state index contributed by atoms with van der Waals surface area (Å²) in [6, 6.07) is 20.1. The molecule has 2 aromatic carbocycles. The summed E-state index contributed by atoms with van der Waals surface area (Å²) >= 11 is 0. The predicted molar refractivity (Wildman–Crippen MR) is 160 cm³/mol. The van der Waals surface area contributed by atoms with E-state index < -0.39 is 0 Å². The number of hydrogen-bond donors (Lipinski definition) is 0. The highest BCUT2D eigenvalue weighted by Crippen LogP contribution is 2.28. The zero-order valence-electron chi connectivity index (χ0n) is 25.2. The molecule has 5 nitrogen and oxygen atoms in total. The summed E-state index contributed by atoms with van der Waals surface area (Å²) in [5, 5.41) is 0. The van der Waals surface area contributed by atoms with Crippen LogP contribution in [0.25, 0.3) is 0 Å². The first-order chi connectivity index (χ1) is 18.8. The van der Waals surface area contributed by atoms with Gasteiger partial charge in [0.05, 0.1) is 13.2 Å². The Kier molecular flexibility index (Phi) is 19.1. The molecule has 0 aliphatic rings. The zero-order valence-corrected chi connectivity index (χ0v) is 25.2. The number of carbonyl (C=O) groups excluding carboxylic acids is 2. The number of carbonyl (C=O) groups is 2. The average Bonchev–Trinajstić information content (AvgIpc) is 2.92. The van der Waals surface area contributed by atoms with E-state index in [9.17, 15) is 9.59 Å². The zero-order chi connectivity index (χ0) is 28.9. The molecule has 39 heavy (non-hydrogen) atoms. The van der Waals surface area contributed by atoms with Crippen molar-refractivity contribution in [1.29, 1.82) is 0 Å². The molecular formula is C34H52O5. The largest absolute Gasteiger partial charge is 0.382 e. The molecule has 2 atom stereocenters. The summed E-state index contributed by atoms with van der Waals surface area (Å²) in [6.45, 7) is 13.8. The molecule has 0 heterocycles. The molecule has 0 fully saturated rings. The van der Waals surface area contributed by atoms with Crippen LogP contribution in [0, 0.1) is 11.8 Å². The van der Waals surface area contributed by atoms with Crippen LogP contribution in [0.5, 0.6) is 0 Å². The normalized spacial score (nSPS) is 12.6. The van der Waals surface area contributed by atoms with Crippen molar-refractivity contribution >= 4 is 11.6 Å². The molecule has 0 radical (unpaired) electrons. The lowest BCUT2D eigenvalue weighted by molar-refractivity contribution is -0.122. The van der Waals surface area contributed by atoms with Crippen molar-refractivity contribution in [3.05, 3.63) is 71.8 Å². The van der Waals surface area contributed by atoms with Gasteiger partial charge in [0, 0.05) is 51.6 Å². The predicted octanol–water partition coefficient (Wildman–Crippen LogP) is 7.64. The van der Waals surface area contributed by atoms with Gasteiger partial charge >= 0.3 is 0 Å². The fourth-order valence-electron chi connectivity index (χ4n) is 4.70.